The summed E-state index contributed by atoms with van der Waals surface area (Å²) in [7, 11) is -2.64. The van der Waals surface area contributed by atoms with Crippen LogP contribution in [0.5, 0.6) is 5.75 Å². The molecule has 0 unspecified atom stereocenters. The molecule has 0 spiro atoms. The number of anilines is 3. The molecule has 0 aliphatic carbocycles. The molecule has 65 heavy (non-hydrogen) atoms. The zero-order chi connectivity index (χ0) is 47.3. The molecule has 5 aromatic rings. The topological polar surface area (TPSA) is 164 Å². The summed E-state index contributed by atoms with van der Waals surface area (Å²) in [5.74, 6) is -1.49. The molecular formula is C48H58Cl3N7O6S. The van der Waals surface area contributed by atoms with Gasteiger partial charge in [-0.2, -0.15) is 0 Å². The average molecular weight is 967 g/mol. The summed E-state index contributed by atoms with van der Waals surface area (Å²) in [6.45, 7) is 11.2. The largest absolute Gasteiger partial charge is 0.495 e. The van der Waals surface area contributed by atoms with E-state index in [4.69, 9.17) is 49.5 Å². The number of nitrogens with one attached hydrogen (secondary N) is 3. The van der Waals surface area contributed by atoms with Gasteiger partial charge in [-0.3, -0.25) is 19.0 Å². The first-order chi connectivity index (χ1) is 31.1. The molecule has 0 radical (unpaired) electrons. The summed E-state index contributed by atoms with van der Waals surface area (Å²) in [4.78, 5) is 54.0. The first-order valence-electron chi connectivity index (χ1n) is 22.1. The third-order valence-corrected chi connectivity index (χ3v) is 13.2. The van der Waals surface area contributed by atoms with E-state index in [1.54, 1.807) is 18.2 Å². The van der Waals surface area contributed by atoms with Crippen LogP contribution in [0.4, 0.5) is 22.7 Å². The second kappa shape index (κ2) is 24.0. The van der Waals surface area contributed by atoms with Crippen LogP contribution in [0.2, 0.25) is 15.1 Å². The van der Waals surface area contributed by atoms with Gasteiger partial charge in [0.2, 0.25) is 15.9 Å². The summed E-state index contributed by atoms with van der Waals surface area (Å²) < 4.78 is 36.6. The van der Waals surface area contributed by atoms with E-state index in [2.05, 4.69) is 27.2 Å². The van der Waals surface area contributed by atoms with Gasteiger partial charge in [-0.15, -0.1) is 0 Å². The molecule has 0 saturated heterocycles. The van der Waals surface area contributed by atoms with Gasteiger partial charge in [0, 0.05) is 37.3 Å². The van der Waals surface area contributed by atoms with Gasteiger partial charge in [-0.1, -0.05) is 106 Å². The molecule has 5 rings (SSSR count). The number of carbonyl (C=O) groups is 2. The molecule has 0 bridgehead atoms. The number of para-hydroxylation sites is 1. The van der Waals surface area contributed by atoms with Crippen LogP contribution >= 0.6 is 34.8 Å². The smallest absolute Gasteiger partial charge is 0.278 e. The molecule has 0 saturated carbocycles. The Hall–Kier alpha value is -4.99. The van der Waals surface area contributed by atoms with E-state index in [9.17, 15) is 18.0 Å². The van der Waals surface area contributed by atoms with Crippen molar-refractivity contribution in [3.63, 3.8) is 0 Å². The summed E-state index contributed by atoms with van der Waals surface area (Å²) in [5.41, 5.74) is 1.09. The van der Waals surface area contributed by atoms with Gasteiger partial charge in [-0.25, -0.2) is 23.1 Å². The van der Waals surface area contributed by atoms with Gasteiger partial charge in [-0.05, 0) is 93.4 Å². The number of fused-ring (bicyclic) bond motifs is 1. The fraction of sp³-hybridized carbons (Fsp3) is 0.396. The highest BCUT2D eigenvalue weighted by Gasteiger charge is 2.28. The van der Waals surface area contributed by atoms with E-state index < -0.39 is 33.1 Å². The third kappa shape index (κ3) is 13.1. The van der Waals surface area contributed by atoms with Crippen molar-refractivity contribution in [1.29, 1.82) is 0 Å². The summed E-state index contributed by atoms with van der Waals surface area (Å²) in [6, 6.07) is 17.1. The standard InChI is InChI=1S/C48H58Cl3N7O6S/c1-7-10-11-12-13-14-15-16-17-18-26-52-65(62,63)35-23-25-42(64-6)41(30-35)55-47(60)44(54-39-24-22-34(27-31(39)4)57(8-2)9-3)46-56-43-36(20-19-21-40(43)53-32(5)59)48(61)58(46)45-37(50)28-33(49)29-38(45)51/h19-25,27-30,52H,7-18,26H2,1-6H3,(H,53,59)(H,55,60)/b54-44-. The van der Waals surface area contributed by atoms with Crippen LogP contribution in [0.25, 0.3) is 16.6 Å². The third-order valence-electron chi connectivity index (χ3n) is 10.9. The highest BCUT2D eigenvalue weighted by molar-refractivity contribution is 7.89. The quantitative estimate of drug-likeness (QED) is 0.0430. The molecule has 0 aliphatic heterocycles. The van der Waals surface area contributed by atoms with Crippen molar-refractivity contribution in [3.05, 3.63) is 104 Å². The van der Waals surface area contributed by atoms with E-state index in [1.165, 1.54) is 89.0 Å². The molecule has 1 aromatic heterocycles. The Bertz CT molecular complexity index is 2680. The first-order valence-corrected chi connectivity index (χ1v) is 24.7. The normalized spacial score (nSPS) is 11.8. The predicted molar refractivity (Wildman–Crippen MR) is 266 cm³/mol. The van der Waals surface area contributed by atoms with Crippen LogP contribution < -0.4 is 30.6 Å². The molecule has 1 heterocycles. The molecule has 3 N–H and O–H groups in total. The lowest BCUT2D eigenvalue weighted by atomic mass is 10.1. The highest BCUT2D eigenvalue weighted by Crippen LogP contribution is 2.35. The van der Waals surface area contributed by atoms with Gasteiger partial charge < -0.3 is 20.3 Å². The fourth-order valence-corrected chi connectivity index (χ4v) is 9.61. The van der Waals surface area contributed by atoms with E-state index in [1.807, 2.05) is 32.9 Å². The number of ether oxygens (including phenoxy) is 1. The Morgan fingerprint density at radius 1 is 0.815 bits per heavy atom. The lowest BCUT2D eigenvalue weighted by Gasteiger charge is -2.22. The van der Waals surface area contributed by atoms with Crippen LogP contribution in [0.15, 0.2) is 81.4 Å². The molecule has 17 heteroatoms. The number of carbonyl (C=O) groups excluding carboxylic acids is 2. The Morgan fingerprint density at radius 3 is 2.06 bits per heavy atom. The van der Waals surface area contributed by atoms with E-state index in [0.29, 0.717) is 17.7 Å². The van der Waals surface area contributed by atoms with Gasteiger partial charge in [0.05, 0.1) is 50.2 Å². The number of sulfonamides is 1. The number of benzene rings is 4. The lowest BCUT2D eigenvalue weighted by molar-refractivity contribution is -0.114. The van der Waals surface area contributed by atoms with Gasteiger partial charge >= 0.3 is 0 Å². The molecule has 0 atom stereocenters. The van der Waals surface area contributed by atoms with Crippen molar-refractivity contribution in [1.82, 2.24) is 14.3 Å². The van der Waals surface area contributed by atoms with Crippen molar-refractivity contribution >= 4 is 96.0 Å². The Balaban J connectivity index is 1.62. The molecule has 348 valence electrons. The minimum absolute atomic E-state index is 0.00297. The number of rotatable bonds is 23. The number of hydrogen-bond acceptors (Lipinski definition) is 9. The second-order valence-corrected chi connectivity index (χ2v) is 18.7. The van der Waals surface area contributed by atoms with Crippen molar-refractivity contribution in [3.8, 4) is 11.4 Å². The first kappa shape index (κ1) is 51.0. The minimum atomic E-state index is -4.02. The van der Waals surface area contributed by atoms with Crippen LogP contribution in [0, 0.1) is 6.92 Å². The summed E-state index contributed by atoms with van der Waals surface area (Å²) in [6.07, 6.45) is 11.2. The van der Waals surface area contributed by atoms with Crippen molar-refractivity contribution in [2.24, 2.45) is 4.99 Å². The Labute approximate surface area is 397 Å². The number of halogens is 3. The molecule has 13 nitrogen and oxygen atoms in total. The number of methoxy groups -OCH3 is 1. The Kier molecular flexibility index (Phi) is 18.8. The number of aryl methyl sites for hydroxylation is 1. The number of hydrogen-bond donors (Lipinski definition) is 3. The van der Waals surface area contributed by atoms with Crippen molar-refractivity contribution < 1.29 is 22.7 Å². The molecule has 2 amide bonds. The lowest BCUT2D eigenvalue weighted by Crippen LogP contribution is -2.33. The summed E-state index contributed by atoms with van der Waals surface area (Å²) in [5, 5.41) is 5.70. The monoisotopic (exact) mass is 965 g/mol. The van der Waals surface area contributed by atoms with Crippen LogP contribution in [-0.4, -0.2) is 62.2 Å². The maximum atomic E-state index is 15.0. The minimum Gasteiger partial charge on any atom is -0.495 e. The zero-order valence-corrected chi connectivity index (χ0v) is 40.9. The number of aromatic nitrogens is 2. The zero-order valence-electron chi connectivity index (χ0n) is 37.8. The molecular weight excluding hydrogens is 909 g/mol. The second-order valence-electron chi connectivity index (χ2n) is 15.7. The van der Waals surface area contributed by atoms with Crippen molar-refractivity contribution in [2.45, 2.75) is 104 Å². The summed E-state index contributed by atoms with van der Waals surface area (Å²) >= 11 is 19.9. The fourth-order valence-electron chi connectivity index (χ4n) is 7.52. The van der Waals surface area contributed by atoms with Gasteiger partial charge in [0.25, 0.3) is 11.5 Å². The number of unbranched alkanes of at least 4 members (excludes halogenated alkanes) is 9. The predicted octanol–water partition coefficient (Wildman–Crippen LogP) is 11.4. The maximum absolute atomic E-state index is 15.0. The van der Waals surface area contributed by atoms with Crippen LogP contribution in [-0.2, 0) is 19.6 Å². The average Bonchev–Trinajstić information content (AvgIpc) is 3.26. The van der Waals surface area contributed by atoms with E-state index in [0.717, 1.165) is 42.6 Å². The van der Waals surface area contributed by atoms with Gasteiger partial charge in [0.15, 0.2) is 11.5 Å². The molecule has 0 aliphatic rings. The molecule has 4 aromatic carbocycles. The number of amides is 2. The van der Waals surface area contributed by atoms with Crippen LogP contribution in [0.1, 0.15) is 103 Å². The Morgan fingerprint density at radius 2 is 1.46 bits per heavy atom. The van der Waals surface area contributed by atoms with Crippen LogP contribution in [0.3, 0.4) is 0 Å². The number of aliphatic imine (C=N–C) groups is 1. The van der Waals surface area contributed by atoms with Crippen molar-refractivity contribution in [2.75, 3.05) is 42.3 Å². The van der Waals surface area contributed by atoms with E-state index in [-0.39, 0.29) is 66.0 Å². The molecule has 0 fully saturated rings. The number of nitrogens with zero attached hydrogens (tertiary/aromatic N) is 4. The van der Waals surface area contributed by atoms with Gasteiger partial charge in [0.1, 0.15) is 11.3 Å². The maximum Gasteiger partial charge on any atom is 0.278 e. The van der Waals surface area contributed by atoms with E-state index >= 15 is 4.79 Å². The SMILES string of the molecule is CCCCCCCCCCCCNS(=O)(=O)c1ccc(OC)c(NC(=O)/C(=N\c2ccc(N(CC)CC)cc2C)c2nc3c(NC(C)=O)cccc3c(=O)n2-c2c(Cl)cc(Cl)cc2Cl)c1. The highest BCUT2D eigenvalue weighted by atomic mass is 35.5.